The molecule has 0 bridgehead atoms. The fourth-order valence-electron chi connectivity index (χ4n) is 4.31. The number of carboxylic acids is 4. The minimum Gasteiger partial charge on any atom is -0.480 e. The van der Waals surface area contributed by atoms with E-state index in [4.69, 9.17) is 0 Å². The zero-order chi connectivity index (χ0) is 22.9. The largest absolute Gasteiger partial charge is 0.480 e. The number of hydrogen-bond donors (Lipinski definition) is 4. The summed E-state index contributed by atoms with van der Waals surface area (Å²) in [5.74, 6) is -10.1. The number of benzene rings is 2. The molecule has 11 heteroatoms. The second-order valence-corrected chi connectivity index (χ2v) is 6.90. The van der Waals surface area contributed by atoms with E-state index in [-0.39, 0.29) is 16.3 Å². The number of ether oxygens (including phenoxy) is 1. The smallest absolute Gasteiger partial charge is 0.337 e. The zero-order valence-electron chi connectivity index (χ0n) is 15.1. The topological polar surface area (TPSA) is 193 Å². The Morgan fingerprint density at radius 1 is 0.774 bits per heavy atom. The Balaban J connectivity index is 2.19. The number of fused-ring (bicyclic) bond motifs is 5. The van der Waals surface area contributed by atoms with Gasteiger partial charge in [0.15, 0.2) is 0 Å². The van der Waals surface area contributed by atoms with Crippen LogP contribution in [-0.4, -0.2) is 56.2 Å². The number of carbonyl (C=O) groups is 6. The summed E-state index contributed by atoms with van der Waals surface area (Å²) in [7, 11) is 0. The van der Waals surface area contributed by atoms with Crippen molar-refractivity contribution in [2.75, 3.05) is 0 Å². The summed E-state index contributed by atoms with van der Waals surface area (Å²) in [6, 6.07) is 4.26. The van der Waals surface area contributed by atoms with Gasteiger partial charge in [0.05, 0.1) is 11.1 Å². The summed E-state index contributed by atoms with van der Waals surface area (Å²) in [5.41, 5.74) is -7.37. The van der Waals surface area contributed by atoms with Crippen molar-refractivity contribution in [3.05, 3.63) is 52.6 Å². The molecule has 31 heavy (non-hydrogen) atoms. The van der Waals surface area contributed by atoms with Crippen LogP contribution in [0.2, 0.25) is 0 Å². The molecule has 2 aliphatic rings. The third-order valence-corrected chi connectivity index (χ3v) is 5.65. The molecule has 1 saturated heterocycles. The molecule has 0 radical (unpaired) electrons. The van der Waals surface area contributed by atoms with Crippen LogP contribution in [0.15, 0.2) is 30.3 Å². The monoisotopic (exact) mass is 426 g/mol. The van der Waals surface area contributed by atoms with Crippen LogP contribution in [0.1, 0.15) is 31.8 Å². The van der Waals surface area contributed by atoms with Crippen LogP contribution in [0.4, 0.5) is 0 Å². The summed E-state index contributed by atoms with van der Waals surface area (Å²) >= 11 is 0. The number of hydrogen-bond acceptors (Lipinski definition) is 7. The molecule has 0 spiro atoms. The first-order valence-electron chi connectivity index (χ1n) is 8.51. The maximum atomic E-state index is 12.6. The molecule has 1 aliphatic carbocycles. The quantitative estimate of drug-likeness (QED) is 0.398. The highest BCUT2D eigenvalue weighted by atomic mass is 16.6. The van der Waals surface area contributed by atoms with E-state index in [1.165, 1.54) is 6.07 Å². The first-order chi connectivity index (χ1) is 14.5. The molecule has 0 aromatic heterocycles. The number of carboxylic acid groups (broad SMARTS) is 4. The molecule has 1 heterocycles. The highest BCUT2D eigenvalue weighted by molar-refractivity contribution is 6.28. The number of aromatic carboxylic acids is 2. The van der Waals surface area contributed by atoms with Gasteiger partial charge in [-0.2, -0.15) is 0 Å². The third kappa shape index (κ3) is 2.06. The first-order valence-corrected chi connectivity index (χ1v) is 8.51. The van der Waals surface area contributed by atoms with E-state index in [0.717, 1.165) is 30.4 Å². The van der Waals surface area contributed by atoms with Crippen molar-refractivity contribution in [1.29, 1.82) is 0 Å². The average molecular weight is 426 g/mol. The van der Waals surface area contributed by atoms with Crippen LogP contribution in [0.25, 0.3) is 16.8 Å². The van der Waals surface area contributed by atoms with Crippen molar-refractivity contribution in [2.24, 2.45) is 5.41 Å². The Morgan fingerprint density at radius 3 is 1.97 bits per heavy atom. The van der Waals surface area contributed by atoms with Gasteiger partial charge in [0.1, 0.15) is 0 Å². The van der Waals surface area contributed by atoms with Gasteiger partial charge in [-0.3, -0.25) is 9.59 Å². The number of rotatable bonds is 4. The molecule has 1 aliphatic heterocycles. The Morgan fingerprint density at radius 2 is 1.42 bits per heavy atom. The van der Waals surface area contributed by atoms with E-state index in [9.17, 15) is 49.2 Å². The molecule has 4 rings (SSSR count). The lowest BCUT2D eigenvalue weighted by molar-refractivity contribution is -0.165. The van der Waals surface area contributed by atoms with Crippen molar-refractivity contribution >= 4 is 52.7 Å². The van der Waals surface area contributed by atoms with Gasteiger partial charge in [0, 0.05) is 0 Å². The van der Waals surface area contributed by atoms with E-state index in [0.29, 0.717) is 0 Å². The number of carbonyl (C=O) groups excluding carboxylic acids is 2. The number of cyclic esters (lactones) is 2. The molecule has 2 aromatic rings. The molecule has 11 nitrogen and oxygen atoms in total. The van der Waals surface area contributed by atoms with Gasteiger partial charge in [0.25, 0.3) is 0 Å². The minimum absolute atomic E-state index is 0.0444. The summed E-state index contributed by atoms with van der Waals surface area (Å²) in [4.78, 5) is 72.5. The van der Waals surface area contributed by atoms with Crippen molar-refractivity contribution < 1.29 is 53.9 Å². The molecule has 2 aromatic carbocycles. The average Bonchev–Trinajstić information content (AvgIpc) is 2.94. The van der Waals surface area contributed by atoms with Gasteiger partial charge in [0.2, 0.25) is 10.8 Å². The fraction of sp³-hybridized carbons (Fsp3) is 0.100. The Labute approximate surface area is 170 Å². The van der Waals surface area contributed by atoms with E-state index < -0.39 is 63.3 Å². The van der Waals surface area contributed by atoms with Crippen LogP contribution in [-0.2, 0) is 29.3 Å². The Bertz CT molecular complexity index is 1320. The zero-order valence-corrected chi connectivity index (χ0v) is 15.1. The Kier molecular flexibility index (Phi) is 3.81. The van der Waals surface area contributed by atoms with Gasteiger partial charge in [-0.1, -0.05) is 30.4 Å². The van der Waals surface area contributed by atoms with Crippen molar-refractivity contribution in [1.82, 2.24) is 0 Å². The molecule has 0 amide bonds. The third-order valence-electron chi connectivity index (χ3n) is 5.65. The summed E-state index contributed by atoms with van der Waals surface area (Å²) < 4.78 is 4.46. The van der Waals surface area contributed by atoms with Gasteiger partial charge in [-0.05, 0) is 28.0 Å². The highest BCUT2D eigenvalue weighted by Gasteiger charge is 2.78. The molecular formula is C20H10O11. The van der Waals surface area contributed by atoms with E-state index in [2.05, 4.69) is 4.74 Å². The lowest BCUT2D eigenvalue weighted by Crippen LogP contribution is -2.58. The number of esters is 2. The van der Waals surface area contributed by atoms with Crippen LogP contribution in [0.3, 0.4) is 0 Å². The molecule has 2 atom stereocenters. The number of aliphatic carboxylic acids is 2. The normalized spacial score (nSPS) is 23.7. The standard InChI is InChI=1S/C20H10O11/c21-13(22)10-2-1-7-8-5-6-19(15(25)26)17(29)31-18(30)20(19,16(27)28)11(8)4-3-9(7)12(10)14(23)24/h1-6H,(H,21,22)(H,23,24)(H,25,26)(H,27,28). The van der Waals surface area contributed by atoms with Gasteiger partial charge < -0.3 is 25.2 Å². The lowest BCUT2D eigenvalue weighted by Gasteiger charge is -2.36. The van der Waals surface area contributed by atoms with Gasteiger partial charge in [-0.15, -0.1) is 0 Å². The van der Waals surface area contributed by atoms with E-state index in [1.807, 2.05) is 0 Å². The maximum absolute atomic E-state index is 12.6. The molecule has 0 saturated carbocycles. The molecule has 1 fully saturated rings. The maximum Gasteiger partial charge on any atom is 0.337 e. The van der Waals surface area contributed by atoms with Crippen molar-refractivity contribution in [2.45, 2.75) is 5.41 Å². The summed E-state index contributed by atoms with van der Waals surface area (Å²) in [6.07, 6.45) is 1.81. The molecule has 4 N–H and O–H groups in total. The predicted octanol–water partition coefficient (Wildman–Crippen LogP) is 0.740. The minimum atomic E-state index is -2.96. The summed E-state index contributed by atoms with van der Waals surface area (Å²) in [6.45, 7) is 0. The lowest BCUT2D eigenvalue weighted by atomic mass is 9.57. The van der Waals surface area contributed by atoms with Crippen LogP contribution in [0, 0.1) is 5.41 Å². The first kappa shape index (κ1) is 19.8. The van der Waals surface area contributed by atoms with E-state index >= 15 is 0 Å². The van der Waals surface area contributed by atoms with Crippen LogP contribution >= 0.6 is 0 Å². The van der Waals surface area contributed by atoms with Crippen LogP contribution < -0.4 is 0 Å². The van der Waals surface area contributed by atoms with Gasteiger partial charge in [-0.25, -0.2) is 19.2 Å². The highest BCUT2D eigenvalue weighted by Crippen LogP contribution is 2.55. The van der Waals surface area contributed by atoms with Crippen molar-refractivity contribution in [3.8, 4) is 0 Å². The fourth-order valence-corrected chi connectivity index (χ4v) is 4.31. The second kappa shape index (κ2) is 5.98. The van der Waals surface area contributed by atoms with E-state index in [1.54, 1.807) is 0 Å². The molecule has 156 valence electrons. The van der Waals surface area contributed by atoms with Crippen molar-refractivity contribution in [3.63, 3.8) is 0 Å². The molecular weight excluding hydrogens is 416 g/mol. The second-order valence-electron chi connectivity index (χ2n) is 6.90. The van der Waals surface area contributed by atoms with Crippen LogP contribution in [0.5, 0.6) is 0 Å². The molecule has 2 unspecified atom stereocenters. The SMILES string of the molecule is O=C(O)c1ccc2c3c(ccc2c1C(=O)O)C1(C(=O)O)C(=O)OC(=O)C1(C(=O)O)C=C3. The predicted molar refractivity (Wildman–Crippen MR) is 97.4 cm³/mol. The Hall–Kier alpha value is -4.54. The summed E-state index contributed by atoms with van der Waals surface area (Å²) in [5, 5.41) is 38.5. The van der Waals surface area contributed by atoms with Gasteiger partial charge >= 0.3 is 35.8 Å².